The van der Waals surface area contributed by atoms with E-state index >= 15 is 0 Å². The van der Waals surface area contributed by atoms with Gasteiger partial charge >= 0.3 is 0 Å². The van der Waals surface area contributed by atoms with Crippen LogP contribution in [0.1, 0.15) is 6.92 Å². The Balaban J connectivity index is 2.60. The molecule has 0 saturated carbocycles. The Kier molecular flexibility index (Phi) is 8.77. The average molecular weight is 196 g/mol. The maximum Gasteiger partial charge on any atom is 0.0590 e. The molecule has 0 heterocycles. The van der Waals surface area contributed by atoms with E-state index in [0.717, 1.165) is 31.6 Å². The van der Waals surface area contributed by atoms with Crippen LogP contribution in [0.15, 0.2) is 0 Å². The van der Waals surface area contributed by atoms with Gasteiger partial charge in [-0.2, -0.15) is 0 Å². The summed E-state index contributed by atoms with van der Waals surface area (Å²) in [6.45, 7) is 5.62. The van der Waals surface area contributed by atoms with Crippen LogP contribution in [-0.4, -0.2) is 31.6 Å². The second-order valence-electron chi connectivity index (χ2n) is 1.64. The largest absolute Gasteiger partial charge is 0.380 e. The van der Waals surface area contributed by atoms with Crippen LogP contribution in [0.2, 0.25) is 0 Å². The van der Waals surface area contributed by atoms with Gasteiger partial charge in [0, 0.05) is 25.0 Å². The molecule has 0 aromatic rings. The number of nitrogens with one attached hydrogen (secondary N) is 1. The minimum absolute atomic E-state index is 0.815. The van der Waals surface area contributed by atoms with Crippen molar-refractivity contribution in [1.29, 1.82) is 0 Å². The lowest BCUT2D eigenvalue weighted by Gasteiger charge is -2.00. The molecule has 0 aliphatic heterocycles. The first-order valence-electron chi connectivity index (χ1n) is 3.26. The van der Waals surface area contributed by atoms with Crippen LogP contribution in [0.25, 0.3) is 0 Å². The molecule has 0 unspecified atom stereocenters. The van der Waals surface area contributed by atoms with Gasteiger partial charge in [-0.05, 0) is 6.92 Å². The van der Waals surface area contributed by atoms with Crippen LogP contribution >= 0.6 is 15.9 Å². The molecule has 0 bridgehead atoms. The highest BCUT2D eigenvalue weighted by Crippen LogP contribution is 1.74. The van der Waals surface area contributed by atoms with Gasteiger partial charge in [0.05, 0.1) is 6.61 Å². The van der Waals surface area contributed by atoms with Crippen molar-refractivity contribution in [3.63, 3.8) is 0 Å². The maximum atomic E-state index is 5.10. The molecule has 0 saturated heterocycles. The Hall–Kier alpha value is 0.400. The first-order chi connectivity index (χ1) is 4.41. The summed E-state index contributed by atoms with van der Waals surface area (Å²) in [5.74, 6) is 0. The summed E-state index contributed by atoms with van der Waals surface area (Å²) < 4.78 is 5.10. The molecular formula is C6H14BrNO. The van der Waals surface area contributed by atoms with E-state index in [1.165, 1.54) is 0 Å². The molecule has 0 fully saturated rings. The molecule has 0 spiro atoms. The Labute approximate surface area is 65.1 Å². The first-order valence-corrected chi connectivity index (χ1v) is 4.38. The number of halogens is 1. The summed E-state index contributed by atoms with van der Waals surface area (Å²) in [5, 5.41) is 4.21. The van der Waals surface area contributed by atoms with Gasteiger partial charge in [0.25, 0.3) is 0 Å². The van der Waals surface area contributed by atoms with Crippen LogP contribution < -0.4 is 5.32 Å². The van der Waals surface area contributed by atoms with Crippen LogP contribution in [-0.2, 0) is 4.74 Å². The minimum atomic E-state index is 0.815. The Bertz CT molecular complexity index is 46.3. The normalized spacial score (nSPS) is 10.0. The number of rotatable bonds is 6. The molecule has 0 aromatic heterocycles. The Morgan fingerprint density at radius 3 is 2.78 bits per heavy atom. The van der Waals surface area contributed by atoms with Gasteiger partial charge in [-0.25, -0.2) is 0 Å². The highest BCUT2D eigenvalue weighted by molar-refractivity contribution is 9.09. The van der Waals surface area contributed by atoms with Crippen LogP contribution in [0.5, 0.6) is 0 Å². The molecule has 0 aromatic carbocycles. The van der Waals surface area contributed by atoms with Gasteiger partial charge in [-0.3, -0.25) is 0 Å². The topological polar surface area (TPSA) is 21.3 Å². The summed E-state index contributed by atoms with van der Waals surface area (Å²) in [4.78, 5) is 0. The van der Waals surface area contributed by atoms with Crippen LogP contribution in [0, 0.1) is 0 Å². The lowest BCUT2D eigenvalue weighted by molar-refractivity contribution is 0.150. The van der Waals surface area contributed by atoms with Crippen molar-refractivity contribution in [2.45, 2.75) is 6.92 Å². The molecule has 0 amide bonds. The third kappa shape index (κ3) is 8.40. The molecule has 0 atom stereocenters. The Morgan fingerprint density at radius 1 is 1.44 bits per heavy atom. The molecule has 0 rings (SSSR count). The summed E-state index contributed by atoms with van der Waals surface area (Å²) >= 11 is 3.32. The highest BCUT2D eigenvalue weighted by atomic mass is 79.9. The van der Waals surface area contributed by atoms with E-state index in [2.05, 4.69) is 21.2 Å². The standard InChI is InChI=1S/C6H14BrNO/c1-2-9-6-5-8-4-3-7/h8H,2-6H2,1H3. The molecule has 0 aliphatic carbocycles. The van der Waals surface area contributed by atoms with Crippen LogP contribution in [0.3, 0.4) is 0 Å². The first kappa shape index (κ1) is 9.40. The van der Waals surface area contributed by atoms with Crippen molar-refractivity contribution in [2.24, 2.45) is 0 Å². The second kappa shape index (κ2) is 8.40. The van der Waals surface area contributed by atoms with Gasteiger partial charge in [0.2, 0.25) is 0 Å². The molecule has 0 aliphatic rings. The van der Waals surface area contributed by atoms with Crippen LogP contribution in [0.4, 0.5) is 0 Å². The number of hydrogen-bond donors (Lipinski definition) is 1. The summed E-state index contributed by atoms with van der Waals surface area (Å²) in [6, 6.07) is 0. The van der Waals surface area contributed by atoms with Crippen molar-refractivity contribution >= 4 is 15.9 Å². The van der Waals surface area contributed by atoms with Crippen molar-refractivity contribution in [3.8, 4) is 0 Å². The van der Waals surface area contributed by atoms with Crippen molar-refractivity contribution in [2.75, 3.05) is 31.6 Å². The number of alkyl halides is 1. The third-order valence-corrected chi connectivity index (χ3v) is 1.30. The van der Waals surface area contributed by atoms with Crippen molar-refractivity contribution in [1.82, 2.24) is 5.32 Å². The van der Waals surface area contributed by atoms with E-state index in [1.807, 2.05) is 6.92 Å². The fourth-order valence-electron chi connectivity index (χ4n) is 0.480. The Morgan fingerprint density at radius 2 is 2.22 bits per heavy atom. The predicted octanol–water partition coefficient (Wildman–Crippen LogP) is 1.01. The lowest BCUT2D eigenvalue weighted by Crippen LogP contribution is -2.21. The van der Waals surface area contributed by atoms with Crippen molar-refractivity contribution in [3.05, 3.63) is 0 Å². The van der Waals surface area contributed by atoms with E-state index < -0.39 is 0 Å². The minimum Gasteiger partial charge on any atom is -0.380 e. The van der Waals surface area contributed by atoms with Gasteiger partial charge in [-0.15, -0.1) is 0 Å². The van der Waals surface area contributed by atoms with Gasteiger partial charge < -0.3 is 10.1 Å². The summed E-state index contributed by atoms with van der Waals surface area (Å²) in [6.07, 6.45) is 0. The highest BCUT2D eigenvalue weighted by Gasteiger charge is 1.83. The number of hydrogen-bond acceptors (Lipinski definition) is 2. The van der Waals surface area contributed by atoms with Crippen molar-refractivity contribution < 1.29 is 4.74 Å². The molecule has 3 heteroatoms. The number of ether oxygens (including phenoxy) is 1. The zero-order chi connectivity index (χ0) is 6.95. The van der Waals surface area contributed by atoms with E-state index in [4.69, 9.17) is 4.74 Å². The summed E-state index contributed by atoms with van der Waals surface area (Å²) in [5.41, 5.74) is 0. The van der Waals surface area contributed by atoms with Gasteiger partial charge in [0.1, 0.15) is 0 Å². The maximum absolute atomic E-state index is 5.10. The summed E-state index contributed by atoms with van der Waals surface area (Å²) in [7, 11) is 0. The quantitative estimate of drug-likeness (QED) is 0.505. The van der Waals surface area contributed by atoms with E-state index in [0.29, 0.717) is 0 Å². The molecule has 9 heavy (non-hydrogen) atoms. The van der Waals surface area contributed by atoms with Gasteiger partial charge in [-0.1, -0.05) is 15.9 Å². The van der Waals surface area contributed by atoms with E-state index in [9.17, 15) is 0 Å². The monoisotopic (exact) mass is 195 g/mol. The smallest absolute Gasteiger partial charge is 0.0590 e. The lowest BCUT2D eigenvalue weighted by atomic mass is 10.6. The molecule has 0 radical (unpaired) electrons. The van der Waals surface area contributed by atoms with E-state index in [1.54, 1.807) is 0 Å². The SMILES string of the molecule is CCOCCNCCBr. The average Bonchev–Trinajstić information content (AvgIpc) is 1.89. The fourth-order valence-corrected chi connectivity index (χ4v) is 0.761. The van der Waals surface area contributed by atoms with Gasteiger partial charge in [0.15, 0.2) is 0 Å². The molecule has 1 N–H and O–H groups in total. The molecule has 56 valence electrons. The zero-order valence-electron chi connectivity index (χ0n) is 5.82. The molecule has 2 nitrogen and oxygen atoms in total. The predicted molar refractivity (Wildman–Crippen MR) is 43.2 cm³/mol. The van der Waals surface area contributed by atoms with E-state index in [-0.39, 0.29) is 0 Å². The zero-order valence-corrected chi connectivity index (χ0v) is 7.41. The molecular weight excluding hydrogens is 182 g/mol. The third-order valence-electron chi connectivity index (χ3n) is 0.899. The fraction of sp³-hybridized carbons (Fsp3) is 1.00. The second-order valence-corrected chi connectivity index (χ2v) is 2.43.